The van der Waals surface area contributed by atoms with Crippen molar-refractivity contribution in [2.24, 2.45) is 4.99 Å². The molecule has 226 valence electrons. The summed E-state index contributed by atoms with van der Waals surface area (Å²) >= 11 is 4.84. The fourth-order valence-electron chi connectivity index (χ4n) is 5.08. The maximum absolute atomic E-state index is 14.2. The van der Waals surface area contributed by atoms with E-state index in [4.69, 9.17) is 19.2 Å². The van der Waals surface area contributed by atoms with Gasteiger partial charge in [0.05, 0.1) is 40.0 Å². The topological polar surface area (TPSA) is 79.1 Å². The first kappa shape index (κ1) is 31.2. The number of hydrogen-bond donors (Lipinski definition) is 0. The molecular formula is C35H33BrN2O5S. The summed E-state index contributed by atoms with van der Waals surface area (Å²) in [6.07, 6.45) is 3.45. The number of carbonyl (C=O) groups is 1. The molecule has 0 radical (unpaired) electrons. The van der Waals surface area contributed by atoms with E-state index < -0.39 is 12.0 Å². The Morgan fingerprint density at radius 2 is 1.86 bits per heavy atom. The van der Waals surface area contributed by atoms with Gasteiger partial charge in [-0.2, -0.15) is 0 Å². The van der Waals surface area contributed by atoms with E-state index in [0.29, 0.717) is 49.1 Å². The smallest absolute Gasteiger partial charge is 0.338 e. The number of aromatic nitrogens is 1. The summed E-state index contributed by atoms with van der Waals surface area (Å²) in [5, 5.41) is 0. The minimum absolute atomic E-state index is 0.192. The third-order valence-corrected chi connectivity index (χ3v) is 8.76. The highest BCUT2D eigenvalue weighted by atomic mass is 79.9. The van der Waals surface area contributed by atoms with Crippen LogP contribution >= 0.6 is 27.3 Å². The van der Waals surface area contributed by atoms with Crippen molar-refractivity contribution < 1.29 is 19.0 Å². The van der Waals surface area contributed by atoms with Gasteiger partial charge < -0.3 is 14.2 Å². The molecule has 0 unspecified atom stereocenters. The van der Waals surface area contributed by atoms with E-state index in [-0.39, 0.29) is 12.2 Å². The fraction of sp³-hybridized carbons (Fsp3) is 0.229. The van der Waals surface area contributed by atoms with Gasteiger partial charge in [0.15, 0.2) is 16.3 Å². The summed E-state index contributed by atoms with van der Waals surface area (Å²) in [5.74, 6) is 0.878. The number of rotatable bonds is 10. The van der Waals surface area contributed by atoms with E-state index >= 15 is 0 Å². The second kappa shape index (κ2) is 13.6. The number of fused-ring (bicyclic) bond motifs is 1. The molecule has 1 aromatic heterocycles. The van der Waals surface area contributed by atoms with Gasteiger partial charge >= 0.3 is 5.97 Å². The van der Waals surface area contributed by atoms with E-state index in [1.54, 1.807) is 30.8 Å². The lowest BCUT2D eigenvalue weighted by atomic mass is 9.91. The van der Waals surface area contributed by atoms with Gasteiger partial charge in [-0.25, -0.2) is 9.79 Å². The van der Waals surface area contributed by atoms with Crippen LogP contribution in [0.1, 0.15) is 55.0 Å². The van der Waals surface area contributed by atoms with Gasteiger partial charge in [-0.05, 0) is 63.7 Å². The standard InChI is InChI=1S/C35H33BrN2O5S/c1-6-17-43-32-26(36)18-22(19-27(32)41-5)20-28-33(39)38-31(25-15-13-23(14-16-25)21(3)4)29(34(40)42-7-2)30(37-35(38)44-28)24-11-9-8-10-12-24/h6,8-16,18-21,31H,1,7,17H2,2-5H3/b28-20-/t31-/m1/s1. The maximum atomic E-state index is 14.2. The molecule has 1 aliphatic rings. The van der Waals surface area contributed by atoms with E-state index in [9.17, 15) is 9.59 Å². The highest BCUT2D eigenvalue weighted by Gasteiger charge is 2.35. The summed E-state index contributed by atoms with van der Waals surface area (Å²) in [6.45, 7) is 10.2. The number of thiazole rings is 1. The normalized spacial score (nSPS) is 14.7. The first-order valence-corrected chi connectivity index (χ1v) is 15.9. The Morgan fingerprint density at radius 1 is 1.14 bits per heavy atom. The number of carbonyl (C=O) groups excluding carboxylic acids is 1. The number of esters is 1. The minimum Gasteiger partial charge on any atom is -0.493 e. The molecule has 0 N–H and O–H groups in total. The van der Waals surface area contributed by atoms with Gasteiger partial charge in [-0.3, -0.25) is 9.36 Å². The van der Waals surface area contributed by atoms with Crippen molar-refractivity contribution in [1.82, 2.24) is 4.57 Å². The molecule has 0 fully saturated rings. The number of methoxy groups -OCH3 is 1. The van der Waals surface area contributed by atoms with Gasteiger partial charge in [0.25, 0.3) is 5.56 Å². The Labute approximate surface area is 268 Å². The van der Waals surface area contributed by atoms with Gasteiger partial charge in [0, 0.05) is 5.56 Å². The van der Waals surface area contributed by atoms with Crippen LogP contribution in [0.4, 0.5) is 0 Å². The van der Waals surface area contributed by atoms with Crippen LogP contribution in [0, 0.1) is 0 Å². The van der Waals surface area contributed by atoms with Crippen molar-refractivity contribution in [3.05, 3.63) is 131 Å². The molecule has 0 saturated heterocycles. The van der Waals surface area contributed by atoms with Gasteiger partial charge in [0.1, 0.15) is 6.61 Å². The molecule has 5 rings (SSSR count). The number of ether oxygens (including phenoxy) is 3. The molecule has 4 aromatic rings. The second-order valence-electron chi connectivity index (χ2n) is 10.4. The van der Waals surface area contributed by atoms with Gasteiger partial charge in [0.2, 0.25) is 0 Å². The van der Waals surface area contributed by atoms with Crippen LogP contribution < -0.4 is 24.4 Å². The molecule has 7 nitrogen and oxygen atoms in total. The molecule has 1 atom stereocenters. The average Bonchev–Trinajstić information content (AvgIpc) is 3.34. The van der Waals surface area contributed by atoms with Crippen LogP contribution in [0.15, 0.2) is 99.2 Å². The number of benzene rings is 3. The quantitative estimate of drug-likeness (QED) is 0.144. The Balaban J connectivity index is 1.77. The minimum atomic E-state index is -0.736. The van der Waals surface area contributed by atoms with Crippen molar-refractivity contribution in [3.8, 4) is 11.5 Å². The zero-order valence-corrected chi connectivity index (χ0v) is 27.4. The number of nitrogens with zero attached hydrogens (tertiary/aromatic N) is 2. The molecule has 0 bridgehead atoms. The largest absolute Gasteiger partial charge is 0.493 e. The van der Waals surface area contributed by atoms with Crippen molar-refractivity contribution in [2.45, 2.75) is 32.7 Å². The van der Waals surface area contributed by atoms with Crippen LogP contribution in [-0.4, -0.2) is 30.9 Å². The predicted molar refractivity (Wildman–Crippen MR) is 178 cm³/mol. The Hall–Kier alpha value is -4.21. The van der Waals surface area contributed by atoms with Crippen molar-refractivity contribution >= 4 is 45.0 Å². The van der Waals surface area contributed by atoms with Gasteiger partial charge in [-0.15, -0.1) is 0 Å². The SMILES string of the molecule is C=CCOc1c(Br)cc(/C=c2\sc3n(c2=O)[C@H](c2ccc(C(C)C)cc2)C(C(=O)OCC)=C(c2ccccc2)N=3)cc1OC. The van der Waals surface area contributed by atoms with E-state index in [0.717, 1.165) is 22.3 Å². The zero-order chi connectivity index (χ0) is 31.4. The summed E-state index contributed by atoms with van der Waals surface area (Å²) in [6, 6.07) is 20.5. The summed E-state index contributed by atoms with van der Waals surface area (Å²) in [4.78, 5) is 33.3. The van der Waals surface area contributed by atoms with Crippen LogP contribution in [0.25, 0.3) is 11.8 Å². The number of halogens is 1. The van der Waals surface area contributed by atoms with E-state index in [1.165, 1.54) is 11.3 Å². The first-order valence-electron chi connectivity index (χ1n) is 14.3. The lowest BCUT2D eigenvalue weighted by Crippen LogP contribution is -2.40. The van der Waals surface area contributed by atoms with E-state index in [2.05, 4.69) is 36.4 Å². The highest BCUT2D eigenvalue weighted by molar-refractivity contribution is 9.10. The second-order valence-corrected chi connectivity index (χ2v) is 12.3. The molecule has 0 spiro atoms. The Kier molecular flexibility index (Phi) is 9.66. The third kappa shape index (κ3) is 6.21. The summed E-state index contributed by atoms with van der Waals surface area (Å²) in [7, 11) is 1.56. The third-order valence-electron chi connectivity index (χ3n) is 7.19. The summed E-state index contributed by atoms with van der Waals surface area (Å²) in [5.41, 5.74) is 4.00. The summed E-state index contributed by atoms with van der Waals surface area (Å²) < 4.78 is 19.6. The lowest BCUT2D eigenvalue weighted by Gasteiger charge is -2.26. The van der Waals surface area contributed by atoms with Crippen molar-refractivity contribution in [3.63, 3.8) is 0 Å². The molecular weight excluding hydrogens is 640 g/mol. The van der Waals surface area contributed by atoms with Gasteiger partial charge in [-0.1, -0.05) is 92.4 Å². The fourth-order valence-corrected chi connectivity index (χ4v) is 6.65. The van der Waals surface area contributed by atoms with Crippen molar-refractivity contribution in [2.75, 3.05) is 20.3 Å². The lowest BCUT2D eigenvalue weighted by molar-refractivity contribution is -0.138. The number of hydrogen-bond acceptors (Lipinski definition) is 7. The molecule has 0 aliphatic carbocycles. The monoisotopic (exact) mass is 672 g/mol. The highest BCUT2D eigenvalue weighted by Crippen LogP contribution is 2.38. The molecule has 44 heavy (non-hydrogen) atoms. The average molecular weight is 674 g/mol. The van der Waals surface area contributed by atoms with Crippen LogP contribution in [0.3, 0.4) is 0 Å². The maximum Gasteiger partial charge on any atom is 0.338 e. The molecule has 3 aromatic carbocycles. The molecule has 0 saturated carbocycles. The Morgan fingerprint density at radius 3 is 2.50 bits per heavy atom. The first-order chi connectivity index (χ1) is 21.3. The molecule has 1 aliphatic heterocycles. The van der Waals surface area contributed by atoms with Crippen LogP contribution in [0.5, 0.6) is 11.5 Å². The predicted octanol–water partition coefficient (Wildman–Crippen LogP) is 6.39. The van der Waals surface area contributed by atoms with Crippen molar-refractivity contribution in [1.29, 1.82) is 0 Å². The van der Waals surface area contributed by atoms with Crippen LogP contribution in [-0.2, 0) is 9.53 Å². The van der Waals surface area contributed by atoms with E-state index in [1.807, 2.05) is 66.7 Å². The Bertz CT molecular complexity index is 1910. The van der Waals surface area contributed by atoms with Crippen LogP contribution in [0.2, 0.25) is 0 Å². The zero-order valence-electron chi connectivity index (χ0n) is 25.0. The molecule has 9 heteroatoms. The molecule has 2 heterocycles. The molecule has 0 amide bonds.